The third kappa shape index (κ3) is 5.11. The number of anilines is 1. The number of nitrogens with one attached hydrogen (secondary N) is 1. The molecule has 6 heteroatoms. The number of cyclic esters (lactones) is 1. The molecule has 2 aromatic rings. The zero-order valence-electron chi connectivity index (χ0n) is 19.9. The summed E-state index contributed by atoms with van der Waals surface area (Å²) < 4.78 is 11.2. The van der Waals surface area contributed by atoms with Crippen molar-refractivity contribution in [3.05, 3.63) is 77.1 Å². The first-order chi connectivity index (χ1) is 16.5. The lowest BCUT2D eigenvalue weighted by Gasteiger charge is -2.27. The molecule has 2 aliphatic rings. The fourth-order valence-electron chi connectivity index (χ4n) is 4.96. The molecule has 1 aliphatic heterocycles. The SMILES string of the molecule is CCCC1(CCC)OC(=O)C(C(c2cccc(NC(=O)OCc3ccccc3)c2)C2CC2)=C1O. The van der Waals surface area contributed by atoms with Crippen molar-refractivity contribution in [3.63, 3.8) is 0 Å². The second-order valence-electron chi connectivity index (χ2n) is 9.27. The number of aliphatic hydroxyl groups is 1. The van der Waals surface area contributed by atoms with E-state index in [9.17, 15) is 14.7 Å². The molecule has 1 aliphatic carbocycles. The predicted molar refractivity (Wildman–Crippen MR) is 130 cm³/mol. The Bertz CT molecular complexity index is 1050. The minimum absolute atomic E-state index is 0.0960. The standard InChI is InChI=1S/C28H33NO5/c1-3-15-28(16-4-2)25(30)24(26(31)34-28)23(20-13-14-20)21-11-8-12-22(17-21)29-27(32)33-18-19-9-6-5-7-10-19/h5-12,17,20,23,30H,3-4,13-16,18H2,1-2H3,(H,29,32). The number of hydrogen-bond donors (Lipinski definition) is 2. The zero-order chi connectivity index (χ0) is 24.1. The summed E-state index contributed by atoms with van der Waals surface area (Å²) in [6.45, 7) is 4.24. The number of ether oxygens (including phenoxy) is 2. The second-order valence-corrected chi connectivity index (χ2v) is 9.27. The Morgan fingerprint density at radius 3 is 2.47 bits per heavy atom. The summed E-state index contributed by atoms with van der Waals surface area (Å²) >= 11 is 0. The van der Waals surface area contributed by atoms with Crippen molar-refractivity contribution in [1.29, 1.82) is 0 Å². The zero-order valence-corrected chi connectivity index (χ0v) is 19.9. The van der Waals surface area contributed by atoms with Crippen molar-refractivity contribution in [2.45, 2.75) is 70.5 Å². The molecule has 1 saturated carbocycles. The highest BCUT2D eigenvalue weighted by molar-refractivity contribution is 5.94. The van der Waals surface area contributed by atoms with Crippen LogP contribution in [0.2, 0.25) is 0 Å². The van der Waals surface area contributed by atoms with E-state index in [4.69, 9.17) is 9.47 Å². The van der Waals surface area contributed by atoms with Crippen LogP contribution in [-0.2, 0) is 20.9 Å². The van der Waals surface area contributed by atoms with Gasteiger partial charge in [0.2, 0.25) is 0 Å². The summed E-state index contributed by atoms with van der Waals surface area (Å²) in [4.78, 5) is 25.4. The molecule has 6 nitrogen and oxygen atoms in total. The van der Waals surface area contributed by atoms with Gasteiger partial charge >= 0.3 is 12.1 Å². The van der Waals surface area contributed by atoms with Crippen LogP contribution in [0.4, 0.5) is 10.5 Å². The summed E-state index contributed by atoms with van der Waals surface area (Å²) in [6.07, 6.45) is 4.26. The normalized spacial score (nSPS) is 17.9. The maximum atomic E-state index is 13.0. The summed E-state index contributed by atoms with van der Waals surface area (Å²) in [5.74, 6) is -0.315. The average Bonchev–Trinajstić information content (AvgIpc) is 3.63. The number of esters is 1. The van der Waals surface area contributed by atoms with Crippen LogP contribution in [0.5, 0.6) is 0 Å². The van der Waals surface area contributed by atoms with E-state index >= 15 is 0 Å². The number of benzene rings is 2. The Kier molecular flexibility index (Phi) is 7.25. The first-order valence-corrected chi connectivity index (χ1v) is 12.2. The summed E-state index contributed by atoms with van der Waals surface area (Å²) in [5.41, 5.74) is 1.84. The highest BCUT2D eigenvalue weighted by Crippen LogP contribution is 2.52. The first kappa shape index (κ1) is 23.9. The fourth-order valence-corrected chi connectivity index (χ4v) is 4.96. The summed E-state index contributed by atoms with van der Waals surface area (Å²) in [7, 11) is 0. The van der Waals surface area contributed by atoms with Crippen LogP contribution in [0.25, 0.3) is 0 Å². The van der Waals surface area contributed by atoms with Crippen LogP contribution in [0, 0.1) is 5.92 Å². The van der Waals surface area contributed by atoms with Crippen molar-refractivity contribution in [2.75, 3.05) is 5.32 Å². The van der Waals surface area contributed by atoms with E-state index in [1.165, 1.54) is 0 Å². The lowest BCUT2D eigenvalue weighted by molar-refractivity contribution is -0.149. The highest BCUT2D eigenvalue weighted by atomic mass is 16.6. The Balaban J connectivity index is 1.55. The van der Waals surface area contributed by atoms with E-state index in [0.717, 1.165) is 36.8 Å². The van der Waals surface area contributed by atoms with Crippen molar-refractivity contribution < 1.29 is 24.2 Å². The van der Waals surface area contributed by atoms with Crippen molar-refractivity contribution in [3.8, 4) is 0 Å². The lowest BCUT2D eigenvalue weighted by Crippen LogP contribution is -2.31. The lowest BCUT2D eigenvalue weighted by atomic mass is 9.82. The molecule has 0 saturated heterocycles. The Morgan fingerprint density at radius 2 is 1.82 bits per heavy atom. The van der Waals surface area contributed by atoms with Gasteiger partial charge in [-0.05, 0) is 54.9 Å². The molecular formula is C28H33NO5. The van der Waals surface area contributed by atoms with Gasteiger partial charge in [0.15, 0.2) is 5.60 Å². The molecule has 0 aromatic heterocycles. The molecule has 0 bridgehead atoms. The van der Waals surface area contributed by atoms with E-state index < -0.39 is 17.7 Å². The van der Waals surface area contributed by atoms with Gasteiger partial charge in [0.25, 0.3) is 0 Å². The van der Waals surface area contributed by atoms with Crippen molar-refractivity contribution >= 4 is 17.7 Å². The van der Waals surface area contributed by atoms with Crippen molar-refractivity contribution in [2.24, 2.45) is 5.92 Å². The molecule has 4 rings (SSSR count). The molecule has 0 radical (unpaired) electrons. The quantitative estimate of drug-likeness (QED) is 0.386. The fraction of sp³-hybridized carbons (Fsp3) is 0.429. The molecular weight excluding hydrogens is 430 g/mol. The first-order valence-electron chi connectivity index (χ1n) is 12.2. The largest absolute Gasteiger partial charge is 0.507 e. The number of amides is 1. The van der Waals surface area contributed by atoms with Gasteiger partial charge in [-0.25, -0.2) is 9.59 Å². The Labute approximate surface area is 201 Å². The number of aliphatic hydroxyl groups excluding tert-OH is 1. The van der Waals surface area contributed by atoms with Gasteiger partial charge in [-0.1, -0.05) is 69.2 Å². The summed E-state index contributed by atoms with van der Waals surface area (Å²) in [5, 5.41) is 14.1. The van der Waals surface area contributed by atoms with Crippen LogP contribution in [0.15, 0.2) is 65.9 Å². The molecule has 1 atom stereocenters. The van der Waals surface area contributed by atoms with Crippen LogP contribution in [0.3, 0.4) is 0 Å². The maximum absolute atomic E-state index is 13.0. The summed E-state index contributed by atoms with van der Waals surface area (Å²) in [6, 6.07) is 16.9. The Morgan fingerprint density at radius 1 is 1.12 bits per heavy atom. The second kappa shape index (κ2) is 10.3. The van der Waals surface area contributed by atoms with E-state index in [1.807, 2.05) is 62.4 Å². The van der Waals surface area contributed by atoms with Crippen molar-refractivity contribution in [1.82, 2.24) is 0 Å². The molecule has 1 heterocycles. The van der Waals surface area contributed by atoms with Crippen LogP contribution < -0.4 is 5.32 Å². The van der Waals surface area contributed by atoms with Crippen LogP contribution >= 0.6 is 0 Å². The predicted octanol–water partition coefficient (Wildman–Crippen LogP) is 6.64. The van der Waals surface area contributed by atoms with E-state index in [2.05, 4.69) is 5.32 Å². The number of rotatable bonds is 10. The van der Waals surface area contributed by atoms with E-state index in [0.29, 0.717) is 24.1 Å². The molecule has 2 aromatic carbocycles. The molecule has 0 spiro atoms. The highest BCUT2D eigenvalue weighted by Gasteiger charge is 2.51. The molecule has 34 heavy (non-hydrogen) atoms. The molecule has 1 fully saturated rings. The minimum Gasteiger partial charge on any atom is -0.507 e. The third-order valence-corrected chi connectivity index (χ3v) is 6.61. The average molecular weight is 464 g/mol. The van der Waals surface area contributed by atoms with Crippen LogP contribution in [-0.4, -0.2) is 22.8 Å². The molecule has 2 N–H and O–H groups in total. The van der Waals surface area contributed by atoms with E-state index in [1.54, 1.807) is 6.07 Å². The molecule has 180 valence electrons. The smallest absolute Gasteiger partial charge is 0.411 e. The maximum Gasteiger partial charge on any atom is 0.411 e. The van der Waals surface area contributed by atoms with Crippen LogP contribution in [0.1, 0.15) is 69.4 Å². The van der Waals surface area contributed by atoms with Gasteiger partial charge in [-0.2, -0.15) is 0 Å². The minimum atomic E-state index is -0.917. The Hall–Kier alpha value is -3.28. The van der Waals surface area contributed by atoms with Gasteiger partial charge < -0.3 is 14.6 Å². The number of carbonyl (C=O) groups excluding carboxylic acids is 2. The monoisotopic (exact) mass is 463 g/mol. The number of hydrogen-bond acceptors (Lipinski definition) is 5. The topological polar surface area (TPSA) is 84.9 Å². The van der Waals surface area contributed by atoms with Gasteiger partial charge in [-0.15, -0.1) is 0 Å². The van der Waals surface area contributed by atoms with Gasteiger partial charge in [-0.3, -0.25) is 5.32 Å². The molecule has 1 unspecified atom stereocenters. The molecule has 1 amide bonds. The van der Waals surface area contributed by atoms with E-state index in [-0.39, 0.29) is 24.2 Å². The number of carbonyl (C=O) groups is 2. The van der Waals surface area contributed by atoms with Gasteiger partial charge in [0.1, 0.15) is 12.4 Å². The van der Waals surface area contributed by atoms with Gasteiger partial charge in [0, 0.05) is 11.6 Å². The van der Waals surface area contributed by atoms with Gasteiger partial charge in [0.05, 0.1) is 5.57 Å². The third-order valence-electron chi connectivity index (χ3n) is 6.61.